The molecule has 2 aromatic rings. The van der Waals surface area contributed by atoms with E-state index in [-0.39, 0.29) is 12.8 Å². The molecule has 0 aromatic heterocycles. The fourth-order valence-electron chi connectivity index (χ4n) is 6.23. The number of likely N-dealkylation sites (N-methyl/N-ethyl adjacent to an activating group) is 4. The van der Waals surface area contributed by atoms with Crippen molar-refractivity contribution in [3.63, 3.8) is 0 Å². The summed E-state index contributed by atoms with van der Waals surface area (Å²) in [6, 6.07) is 15.5. The third kappa shape index (κ3) is 4.27. The number of amides is 4. The minimum atomic E-state index is -2.23. The van der Waals surface area contributed by atoms with E-state index < -0.39 is 48.9 Å². The third-order valence-electron chi connectivity index (χ3n) is 9.22. The Balaban J connectivity index is 1.22. The van der Waals surface area contributed by atoms with Crippen LogP contribution in [0.2, 0.25) is 0 Å². The molecule has 0 bridgehead atoms. The average Bonchev–Trinajstić information content (AvgIpc) is 3.09. The van der Waals surface area contributed by atoms with Gasteiger partial charge in [0.25, 0.3) is 28.5 Å². The van der Waals surface area contributed by atoms with Gasteiger partial charge in [-0.25, -0.2) is 0 Å². The van der Waals surface area contributed by atoms with Crippen LogP contribution < -0.4 is 0 Å². The van der Waals surface area contributed by atoms with Crippen molar-refractivity contribution in [2.45, 2.75) is 51.0 Å². The number of likely N-dealkylation sites (tertiary alicyclic amines) is 2. The van der Waals surface area contributed by atoms with Gasteiger partial charge in [0.05, 0.1) is 0 Å². The van der Waals surface area contributed by atoms with Gasteiger partial charge in [0.2, 0.25) is 5.91 Å². The number of carbonyl (C=O) groups is 4. The van der Waals surface area contributed by atoms with E-state index in [0.717, 1.165) is 49.8 Å². The second-order valence-electron chi connectivity index (χ2n) is 11.6. The monoisotopic (exact) mass is 662 g/mol. The summed E-state index contributed by atoms with van der Waals surface area (Å²) in [4.78, 5) is 52.6. The predicted octanol–water partition coefficient (Wildman–Crippen LogP) is 0.616. The Kier molecular flexibility index (Phi) is 7.71. The number of β-lactam (4-membered cyclic amide) rings is 1. The standard InChI is InChI=1S/C29H34N4O6S4/c1-30-24(37)28(39,42)32(3)22(35)26(30,41)16-20-13-9-18(10-14-20)6-5-17-7-11-19(12-8-17)15-25(40)21(34)31(2)27(38)23(36)33(4)29(25,27)43/h7-14,38-43H,5-6,15-16H2,1-4H3/t25-,26-,27-,28-,29?/m0/s1. The Labute approximate surface area is 272 Å². The zero-order valence-electron chi connectivity index (χ0n) is 24.1. The van der Waals surface area contributed by atoms with Crippen molar-refractivity contribution in [1.82, 2.24) is 19.6 Å². The molecule has 1 unspecified atom stereocenters. The summed E-state index contributed by atoms with van der Waals surface area (Å²) in [5.74, 6) is -2.33. The number of rotatable bonds is 7. The lowest BCUT2D eigenvalue weighted by molar-refractivity contribution is -0.216. The van der Waals surface area contributed by atoms with Crippen molar-refractivity contribution in [3.8, 4) is 0 Å². The van der Waals surface area contributed by atoms with Crippen LogP contribution >= 0.6 is 50.5 Å². The van der Waals surface area contributed by atoms with Crippen LogP contribution in [0.5, 0.6) is 0 Å². The number of aliphatic hydroxyl groups is 2. The molecule has 4 amide bonds. The first kappa shape index (κ1) is 32.0. The van der Waals surface area contributed by atoms with E-state index in [1.807, 2.05) is 48.5 Å². The Morgan fingerprint density at radius 2 is 1.00 bits per heavy atom. The number of aryl methyl sites for hydroxylation is 2. The second kappa shape index (κ2) is 10.3. The Hall–Kier alpha value is -2.36. The molecule has 3 heterocycles. The molecule has 3 saturated heterocycles. The van der Waals surface area contributed by atoms with Crippen molar-refractivity contribution >= 4 is 74.1 Å². The van der Waals surface area contributed by atoms with Crippen molar-refractivity contribution in [1.29, 1.82) is 0 Å². The summed E-state index contributed by atoms with van der Waals surface area (Å²) in [5, 5.41) is 19.1. The van der Waals surface area contributed by atoms with Crippen LogP contribution in [-0.4, -0.2) is 107 Å². The summed E-state index contributed by atoms with van der Waals surface area (Å²) >= 11 is 17.8. The minimum Gasteiger partial charge on any atom is -0.360 e. The lowest BCUT2D eigenvalue weighted by Crippen LogP contribution is -2.84. The number of carbonyl (C=O) groups excluding carboxylic acids is 4. The van der Waals surface area contributed by atoms with E-state index in [1.165, 1.54) is 33.1 Å². The Morgan fingerprint density at radius 1 is 0.558 bits per heavy atom. The highest BCUT2D eigenvalue weighted by Gasteiger charge is 2.85. The van der Waals surface area contributed by atoms with Crippen LogP contribution in [0.3, 0.4) is 0 Å². The highest BCUT2D eigenvalue weighted by Crippen LogP contribution is 2.60. The molecule has 0 spiro atoms. The van der Waals surface area contributed by atoms with Crippen LogP contribution in [0.15, 0.2) is 48.5 Å². The zero-order valence-corrected chi connectivity index (χ0v) is 27.6. The predicted molar refractivity (Wildman–Crippen MR) is 173 cm³/mol. The number of nitrogens with zero attached hydrogens (tertiary/aromatic N) is 4. The molecule has 2 N–H and O–H groups in total. The first-order valence-corrected chi connectivity index (χ1v) is 15.3. The summed E-state index contributed by atoms with van der Waals surface area (Å²) < 4.78 is -1.43. The molecule has 3 aliphatic rings. The van der Waals surface area contributed by atoms with Crippen LogP contribution in [0.4, 0.5) is 0 Å². The van der Waals surface area contributed by atoms with Crippen molar-refractivity contribution in [3.05, 3.63) is 70.8 Å². The normalized spacial score (nSPS) is 34.2. The van der Waals surface area contributed by atoms with Gasteiger partial charge >= 0.3 is 0 Å². The van der Waals surface area contributed by atoms with Crippen LogP contribution in [0.1, 0.15) is 22.3 Å². The van der Waals surface area contributed by atoms with Gasteiger partial charge in [0.1, 0.15) is 4.75 Å². The fourth-order valence-corrected chi connectivity index (χ4v) is 8.04. The van der Waals surface area contributed by atoms with E-state index in [4.69, 9.17) is 12.6 Å². The van der Waals surface area contributed by atoms with Crippen molar-refractivity contribution in [2.75, 3.05) is 28.2 Å². The van der Waals surface area contributed by atoms with Gasteiger partial charge in [-0.15, -0.1) is 37.9 Å². The lowest BCUT2D eigenvalue weighted by Gasteiger charge is -2.58. The highest BCUT2D eigenvalue weighted by molar-refractivity contribution is 7.87. The van der Waals surface area contributed by atoms with Gasteiger partial charge < -0.3 is 24.9 Å². The van der Waals surface area contributed by atoms with E-state index in [0.29, 0.717) is 0 Å². The number of piperazine rings is 1. The van der Waals surface area contributed by atoms with Gasteiger partial charge in [-0.3, -0.25) is 24.1 Å². The molecule has 0 saturated carbocycles. The number of thiol groups is 4. The van der Waals surface area contributed by atoms with E-state index in [2.05, 4.69) is 37.9 Å². The molecular formula is C29H34N4O6S4. The largest absolute Gasteiger partial charge is 0.360 e. The highest BCUT2D eigenvalue weighted by atomic mass is 32.1. The smallest absolute Gasteiger partial charge is 0.288 e. The van der Waals surface area contributed by atoms with Crippen molar-refractivity contribution < 1.29 is 29.4 Å². The quantitative estimate of drug-likeness (QED) is 0.147. The number of benzene rings is 2. The van der Waals surface area contributed by atoms with Gasteiger partial charge in [-0.2, -0.15) is 12.6 Å². The fraction of sp³-hybridized carbons (Fsp3) is 0.448. The molecule has 43 heavy (non-hydrogen) atoms. The molecule has 2 aromatic carbocycles. The van der Waals surface area contributed by atoms with Crippen LogP contribution in [0.25, 0.3) is 0 Å². The molecular weight excluding hydrogens is 629 g/mol. The van der Waals surface area contributed by atoms with Crippen LogP contribution in [-0.2, 0) is 44.9 Å². The zero-order chi connectivity index (χ0) is 31.9. The van der Waals surface area contributed by atoms with Gasteiger partial charge in [-0.1, -0.05) is 48.5 Å². The molecule has 5 rings (SSSR count). The Bertz CT molecular complexity index is 1520. The van der Waals surface area contributed by atoms with Gasteiger partial charge in [0.15, 0.2) is 9.74 Å². The first-order chi connectivity index (χ1) is 19.9. The molecule has 14 heteroatoms. The van der Waals surface area contributed by atoms with E-state index in [1.54, 1.807) is 0 Å². The first-order valence-electron chi connectivity index (χ1n) is 13.5. The summed E-state index contributed by atoms with van der Waals surface area (Å²) in [5.41, 5.74) is 1.73. The third-order valence-corrected chi connectivity index (χ3v) is 12.2. The SMILES string of the molecule is CN1C(=O)[C@@]2(O)N(C)C(=O)[C@@](S)(Cc3ccc(CCc4ccc(C[C@]5(S)C(=O)N(C)[C@@](O)(S)C(=O)N5C)cc4)cc3)C12S. The molecule has 5 atom stereocenters. The maximum Gasteiger partial charge on any atom is 0.288 e. The number of hydrogen-bond donors (Lipinski definition) is 6. The van der Waals surface area contributed by atoms with Crippen molar-refractivity contribution in [2.24, 2.45) is 0 Å². The summed E-state index contributed by atoms with van der Waals surface area (Å²) in [7, 11) is 5.63. The Morgan fingerprint density at radius 3 is 1.49 bits per heavy atom. The average molecular weight is 663 g/mol. The molecule has 230 valence electrons. The minimum absolute atomic E-state index is 0.146. The topological polar surface area (TPSA) is 122 Å². The van der Waals surface area contributed by atoms with E-state index >= 15 is 0 Å². The summed E-state index contributed by atoms with van der Waals surface area (Å²) in [6.07, 6.45) is 1.81. The molecule has 3 aliphatic heterocycles. The molecule has 0 aliphatic carbocycles. The molecule has 3 fully saturated rings. The second-order valence-corrected chi connectivity index (χ2v) is 14.4. The lowest BCUT2D eigenvalue weighted by atomic mass is 9.80. The molecule has 0 radical (unpaired) electrons. The van der Waals surface area contributed by atoms with E-state index in [9.17, 15) is 29.4 Å². The molecule has 10 nitrogen and oxygen atoms in total. The van der Waals surface area contributed by atoms with Crippen LogP contribution in [0, 0.1) is 0 Å². The maximum absolute atomic E-state index is 13.2. The maximum atomic E-state index is 13.2. The summed E-state index contributed by atoms with van der Waals surface area (Å²) in [6.45, 7) is 0. The van der Waals surface area contributed by atoms with Gasteiger partial charge in [-0.05, 0) is 41.5 Å². The number of fused-ring (bicyclic) bond motifs is 1. The van der Waals surface area contributed by atoms with Gasteiger partial charge in [0, 0.05) is 34.6 Å². The number of hydrogen-bond acceptors (Lipinski definition) is 10.